The number of nitrogens with one attached hydrogen (secondary N) is 2. The summed E-state index contributed by atoms with van der Waals surface area (Å²) in [6.45, 7) is 0.457. The molecule has 3 rings (SSSR count). The van der Waals surface area contributed by atoms with E-state index in [0.29, 0.717) is 17.3 Å². The highest BCUT2D eigenvalue weighted by Crippen LogP contribution is 2.18. The van der Waals surface area contributed by atoms with Crippen LogP contribution in [-0.2, 0) is 6.61 Å². The van der Waals surface area contributed by atoms with Crippen LogP contribution in [0.4, 0.5) is 16.2 Å². The maximum Gasteiger partial charge on any atom is 0.323 e. The summed E-state index contributed by atoms with van der Waals surface area (Å²) in [5.74, 6) is 0.726. The summed E-state index contributed by atoms with van der Waals surface area (Å²) in [5.41, 5.74) is 2.46. The van der Waals surface area contributed by atoms with Crippen molar-refractivity contribution in [2.45, 2.75) is 6.61 Å². The molecule has 126 valence electrons. The van der Waals surface area contributed by atoms with Crippen molar-refractivity contribution >= 4 is 29.0 Å². The molecular formula is C20H17ClN2O2. The molecule has 0 aliphatic heterocycles. The van der Waals surface area contributed by atoms with Crippen LogP contribution >= 0.6 is 11.6 Å². The lowest BCUT2D eigenvalue weighted by Gasteiger charge is -2.09. The standard InChI is InChI=1S/C20H17ClN2O2/c21-16-8-6-15(7-9-16)14-25-19-12-10-18(11-13-19)23-20(24)22-17-4-2-1-3-5-17/h1-13H,14H2,(H2,22,23,24). The largest absolute Gasteiger partial charge is 0.489 e. The Balaban J connectivity index is 1.51. The molecule has 0 aromatic heterocycles. The third-order valence-corrected chi connectivity index (χ3v) is 3.71. The zero-order valence-electron chi connectivity index (χ0n) is 13.4. The van der Waals surface area contributed by atoms with Gasteiger partial charge in [-0.2, -0.15) is 0 Å². The highest BCUT2D eigenvalue weighted by atomic mass is 35.5. The Kier molecular flexibility index (Phi) is 5.54. The van der Waals surface area contributed by atoms with Crippen molar-refractivity contribution in [3.8, 4) is 5.75 Å². The molecule has 0 fully saturated rings. The summed E-state index contributed by atoms with van der Waals surface area (Å²) < 4.78 is 5.72. The van der Waals surface area contributed by atoms with Crippen molar-refractivity contribution in [3.05, 3.63) is 89.4 Å². The Labute approximate surface area is 151 Å². The number of hydrogen-bond acceptors (Lipinski definition) is 2. The molecule has 3 aromatic carbocycles. The number of carbonyl (C=O) groups is 1. The van der Waals surface area contributed by atoms with Crippen LogP contribution < -0.4 is 15.4 Å². The first-order valence-electron chi connectivity index (χ1n) is 7.79. The Bertz CT molecular complexity index is 819. The fraction of sp³-hybridized carbons (Fsp3) is 0.0500. The summed E-state index contributed by atoms with van der Waals surface area (Å²) in [5, 5.41) is 6.24. The number of anilines is 2. The van der Waals surface area contributed by atoms with Crippen molar-refractivity contribution in [1.82, 2.24) is 0 Å². The zero-order chi connectivity index (χ0) is 17.5. The number of amides is 2. The molecule has 2 amide bonds. The van der Waals surface area contributed by atoms with Crippen LogP contribution in [0.25, 0.3) is 0 Å². The second-order valence-electron chi connectivity index (χ2n) is 5.38. The van der Waals surface area contributed by atoms with E-state index in [1.165, 1.54) is 0 Å². The third kappa shape index (κ3) is 5.26. The fourth-order valence-electron chi connectivity index (χ4n) is 2.20. The van der Waals surface area contributed by atoms with E-state index in [9.17, 15) is 4.79 Å². The van der Waals surface area contributed by atoms with Crippen LogP contribution in [0.2, 0.25) is 5.02 Å². The minimum atomic E-state index is -0.291. The van der Waals surface area contributed by atoms with Gasteiger partial charge in [-0.15, -0.1) is 0 Å². The maximum atomic E-state index is 11.9. The van der Waals surface area contributed by atoms with Crippen molar-refractivity contribution in [3.63, 3.8) is 0 Å². The lowest BCUT2D eigenvalue weighted by atomic mass is 10.2. The fourth-order valence-corrected chi connectivity index (χ4v) is 2.32. The van der Waals surface area contributed by atoms with Gasteiger partial charge in [0, 0.05) is 16.4 Å². The topological polar surface area (TPSA) is 50.4 Å². The van der Waals surface area contributed by atoms with Crippen LogP contribution in [0.15, 0.2) is 78.9 Å². The van der Waals surface area contributed by atoms with Crippen molar-refractivity contribution in [1.29, 1.82) is 0 Å². The number of urea groups is 1. The van der Waals surface area contributed by atoms with E-state index in [0.717, 1.165) is 17.0 Å². The SMILES string of the molecule is O=C(Nc1ccccc1)Nc1ccc(OCc2ccc(Cl)cc2)cc1. The normalized spacial score (nSPS) is 10.1. The van der Waals surface area contributed by atoms with Crippen LogP contribution in [0, 0.1) is 0 Å². The predicted octanol–water partition coefficient (Wildman–Crippen LogP) is 5.56. The zero-order valence-corrected chi connectivity index (χ0v) is 14.2. The average molecular weight is 353 g/mol. The van der Waals surface area contributed by atoms with Gasteiger partial charge in [-0.05, 0) is 54.1 Å². The number of carbonyl (C=O) groups excluding carboxylic acids is 1. The van der Waals surface area contributed by atoms with Crippen LogP contribution in [-0.4, -0.2) is 6.03 Å². The van der Waals surface area contributed by atoms with Crippen LogP contribution in [0.3, 0.4) is 0 Å². The first kappa shape index (κ1) is 16.9. The molecule has 0 heterocycles. The van der Waals surface area contributed by atoms with Crippen LogP contribution in [0.5, 0.6) is 5.75 Å². The monoisotopic (exact) mass is 352 g/mol. The predicted molar refractivity (Wildman–Crippen MR) is 101 cm³/mol. The molecule has 0 atom stereocenters. The van der Waals surface area contributed by atoms with Crippen LogP contribution in [0.1, 0.15) is 5.56 Å². The maximum absolute atomic E-state index is 11.9. The summed E-state index contributed by atoms with van der Waals surface area (Å²) in [6, 6.07) is 23.7. The summed E-state index contributed by atoms with van der Waals surface area (Å²) in [7, 11) is 0. The van der Waals surface area contributed by atoms with Gasteiger partial charge in [0.1, 0.15) is 12.4 Å². The molecule has 0 spiro atoms. The molecule has 0 aliphatic carbocycles. The second-order valence-corrected chi connectivity index (χ2v) is 5.82. The minimum absolute atomic E-state index is 0.291. The lowest BCUT2D eigenvalue weighted by Crippen LogP contribution is -2.19. The van der Waals surface area contributed by atoms with E-state index in [1.54, 1.807) is 12.1 Å². The van der Waals surface area contributed by atoms with Gasteiger partial charge in [-0.3, -0.25) is 0 Å². The van der Waals surface area contributed by atoms with E-state index < -0.39 is 0 Å². The molecule has 25 heavy (non-hydrogen) atoms. The molecular weight excluding hydrogens is 336 g/mol. The van der Waals surface area contributed by atoms with Gasteiger partial charge in [-0.1, -0.05) is 41.9 Å². The second kappa shape index (κ2) is 8.22. The molecule has 0 aliphatic rings. The van der Waals surface area contributed by atoms with E-state index in [4.69, 9.17) is 16.3 Å². The van der Waals surface area contributed by atoms with Gasteiger partial charge in [0.2, 0.25) is 0 Å². The third-order valence-electron chi connectivity index (χ3n) is 3.46. The van der Waals surface area contributed by atoms with Gasteiger partial charge < -0.3 is 15.4 Å². The van der Waals surface area contributed by atoms with Gasteiger partial charge >= 0.3 is 6.03 Å². The van der Waals surface area contributed by atoms with E-state index in [2.05, 4.69) is 10.6 Å². The van der Waals surface area contributed by atoms with E-state index in [-0.39, 0.29) is 6.03 Å². The smallest absolute Gasteiger partial charge is 0.323 e. The Morgan fingerprint density at radius 2 is 1.40 bits per heavy atom. The molecule has 0 saturated heterocycles. The Hall–Kier alpha value is -2.98. The number of benzene rings is 3. The first-order valence-corrected chi connectivity index (χ1v) is 8.17. The number of halogens is 1. The number of para-hydroxylation sites is 1. The summed E-state index contributed by atoms with van der Waals surface area (Å²) >= 11 is 5.86. The molecule has 3 aromatic rings. The highest BCUT2D eigenvalue weighted by molar-refractivity contribution is 6.30. The van der Waals surface area contributed by atoms with Gasteiger partial charge in [-0.25, -0.2) is 4.79 Å². The van der Waals surface area contributed by atoms with E-state index in [1.807, 2.05) is 66.7 Å². The highest BCUT2D eigenvalue weighted by Gasteiger charge is 2.03. The van der Waals surface area contributed by atoms with Crippen molar-refractivity contribution in [2.75, 3.05) is 10.6 Å². The molecule has 0 unspecified atom stereocenters. The molecule has 0 radical (unpaired) electrons. The minimum Gasteiger partial charge on any atom is -0.489 e. The molecule has 0 saturated carbocycles. The molecule has 5 heteroatoms. The molecule has 0 bridgehead atoms. The van der Waals surface area contributed by atoms with E-state index >= 15 is 0 Å². The lowest BCUT2D eigenvalue weighted by molar-refractivity contribution is 0.262. The number of hydrogen-bond donors (Lipinski definition) is 2. The Morgan fingerprint density at radius 3 is 2.04 bits per heavy atom. The summed E-state index contributed by atoms with van der Waals surface area (Å²) in [4.78, 5) is 11.9. The quantitative estimate of drug-likeness (QED) is 0.631. The van der Waals surface area contributed by atoms with Crippen molar-refractivity contribution in [2.24, 2.45) is 0 Å². The summed E-state index contributed by atoms with van der Waals surface area (Å²) in [6.07, 6.45) is 0. The number of rotatable bonds is 5. The van der Waals surface area contributed by atoms with Crippen molar-refractivity contribution < 1.29 is 9.53 Å². The van der Waals surface area contributed by atoms with Gasteiger partial charge in [0.15, 0.2) is 0 Å². The molecule has 4 nitrogen and oxygen atoms in total. The van der Waals surface area contributed by atoms with Gasteiger partial charge in [0.25, 0.3) is 0 Å². The number of ether oxygens (including phenoxy) is 1. The first-order chi connectivity index (χ1) is 12.2. The average Bonchev–Trinajstić information content (AvgIpc) is 2.63. The Morgan fingerprint density at radius 1 is 0.800 bits per heavy atom. The molecule has 2 N–H and O–H groups in total. The van der Waals surface area contributed by atoms with Gasteiger partial charge in [0.05, 0.1) is 0 Å².